The number of hydrogen-bond acceptors (Lipinski definition) is 4. The van der Waals surface area contributed by atoms with E-state index in [0.717, 1.165) is 10.9 Å². The van der Waals surface area contributed by atoms with Gasteiger partial charge in [-0.25, -0.2) is 17.6 Å². The van der Waals surface area contributed by atoms with Gasteiger partial charge in [0.1, 0.15) is 11.6 Å². The van der Waals surface area contributed by atoms with E-state index < -0.39 is 17.7 Å². The van der Waals surface area contributed by atoms with Gasteiger partial charge in [0.25, 0.3) is 12.2 Å². The van der Waals surface area contributed by atoms with E-state index in [9.17, 15) is 13.2 Å². The van der Waals surface area contributed by atoms with E-state index in [1.807, 2.05) is 24.3 Å². The van der Waals surface area contributed by atoms with Crippen LogP contribution in [0.1, 0.15) is 19.4 Å². The molecule has 5 nitrogen and oxygen atoms in total. The van der Waals surface area contributed by atoms with Crippen LogP contribution in [0.15, 0.2) is 42.5 Å². The lowest BCUT2D eigenvalue weighted by Gasteiger charge is -2.21. The summed E-state index contributed by atoms with van der Waals surface area (Å²) in [5, 5.41) is 8.78. The van der Waals surface area contributed by atoms with E-state index in [-0.39, 0.29) is 10.8 Å². The van der Waals surface area contributed by atoms with Gasteiger partial charge >= 0.3 is 0 Å². The van der Waals surface area contributed by atoms with Crippen LogP contribution in [-0.2, 0) is 0 Å². The Hall–Kier alpha value is -3.31. The monoisotopic (exact) mass is 443 g/mol. The van der Waals surface area contributed by atoms with Gasteiger partial charge < -0.3 is 4.90 Å². The van der Waals surface area contributed by atoms with Gasteiger partial charge in [-0.2, -0.15) is 4.98 Å². The molecular weight excluding hydrogens is 427 g/mol. The maximum absolute atomic E-state index is 14.3. The Morgan fingerprint density at radius 3 is 2.61 bits per heavy atom. The third-order valence-electron chi connectivity index (χ3n) is 4.86. The Morgan fingerprint density at radius 2 is 1.87 bits per heavy atom. The van der Waals surface area contributed by atoms with Crippen molar-refractivity contribution in [3.63, 3.8) is 0 Å². The molecule has 0 unspecified atom stereocenters. The van der Waals surface area contributed by atoms with Crippen LogP contribution in [-0.4, -0.2) is 33.1 Å². The summed E-state index contributed by atoms with van der Waals surface area (Å²) in [5.41, 5.74) is -0.0357. The summed E-state index contributed by atoms with van der Waals surface area (Å²) in [6, 6.07) is 11.6. The van der Waals surface area contributed by atoms with Crippen LogP contribution in [0.2, 0.25) is 5.28 Å². The van der Waals surface area contributed by atoms with Crippen LogP contribution in [0.25, 0.3) is 16.7 Å². The largest absolute Gasteiger partial charge is 0.329 e. The van der Waals surface area contributed by atoms with E-state index in [4.69, 9.17) is 11.6 Å². The summed E-state index contributed by atoms with van der Waals surface area (Å²) in [6.07, 6.45) is -2.62. The minimum Gasteiger partial charge on any atom is -0.329 e. The quantitative estimate of drug-likeness (QED) is 0.393. The summed E-state index contributed by atoms with van der Waals surface area (Å²) >= 11 is 6.15. The number of hydrogen-bond donors (Lipinski definition) is 0. The first-order valence-electron chi connectivity index (χ1n) is 9.32. The van der Waals surface area contributed by atoms with Crippen molar-refractivity contribution in [2.24, 2.45) is 5.41 Å². The number of para-hydroxylation sites is 1. The lowest BCUT2D eigenvalue weighted by molar-refractivity contribution is 0.0570. The highest BCUT2D eigenvalue weighted by Gasteiger charge is 2.27. The van der Waals surface area contributed by atoms with Gasteiger partial charge in [0.05, 0.1) is 10.9 Å². The molecule has 0 aliphatic carbocycles. The first-order chi connectivity index (χ1) is 14.7. The van der Waals surface area contributed by atoms with Crippen LogP contribution in [0.4, 0.5) is 24.7 Å². The van der Waals surface area contributed by atoms with Crippen molar-refractivity contribution in [1.82, 2.24) is 19.6 Å². The van der Waals surface area contributed by atoms with Crippen molar-refractivity contribution in [3.05, 3.63) is 59.1 Å². The summed E-state index contributed by atoms with van der Waals surface area (Å²) in [6.45, 7) is 2.68. The molecule has 0 aliphatic rings. The number of rotatable bonds is 3. The molecule has 2 heterocycles. The van der Waals surface area contributed by atoms with E-state index in [1.165, 1.54) is 26.0 Å². The number of aromatic nitrogens is 4. The summed E-state index contributed by atoms with van der Waals surface area (Å²) in [4.78, 5) is 6.22. The predicted octanol–water partition coefficient (Wildman–Crippen LogP) is 5.48. The highest BCUT2D eigenvalue weighted by atomic mass is 35.5. The van der Waals surface area contributed by atoms with E-state index >= 15 is 0 Å². The molecule has 0 aliphatic heterocycles. The van der Waals surface area contributed by atoms with Gasteiger partial charge in [0.15, 0.2) is 0 Å². The minimum atomic E-state index is -2.62. The molecule has 0 saturated carbocycles. The van der Waals surface area contributed by atoms with Crippen LogP contribution in [0.5, 0.6) is 0 Å². The average molecular weight is 444 g/mol. The summed E-state index contributed by atoms with van der Waals surface area (Å²) in [7, 11) is 1.72. The van der Waals surface area contributed by atoms with E-state index in [2.05, 4.69) is 27.0 Å². The molecule has 0 spiro atoms. The average Bonchev–Trinajstić information content (AvgIpc) is 3.11. The Labute approximate surface area is 181 Å². The van der Waals surface area contributed by atoms with E-state index in [1.54, 1.807) is 22.4 Å². The first kappa shape index (κ1) is 20.9. The molecule has 9 heteroatoms. The molecule has 0 fully saturated rings. The van der Waals surface area contributed by atoms with Gasteiger partial charge in [-0.1, -0.05) is 24.0 Å². The Balaban J connectivity index is 1.84. The molecule has 31 heavy (non-hydrogen) atoms. The summed E-state index contributed by atoms with van der Waals surface area (Å²) < 4.78 is 42.1. The Kier molecular flexibility index (Phi) is 5.23. The number of nitrogens with zero attached hydrogens (tertiary/aromatic N) is 5. The summed E-state index contributed by atoms with van der Waals surface area (Å²) in [5.74, 6) is 5.44. The molecule has 4 rings (SSSR count). The van der Waals surface area contributed by atoms with Crippen LogP contribution in [0.3, 0.4) is 0 Å². The maximum atomic E-state index is 14.3. The second-order valence-corrected chi connectivity index (χ2v) is 7.92. The molecule has 4 aromatic rings. The van der Waals surface area contributed by atoms with Crippen molar-refractivity contribution in [2.75, 3.05) is 11.9 Å². The molecule has 0 N–H and O–H groups in total. The zero-order valence-corrected chi connectivity index (χ0v) is 17.6. The third kappa shape index (κ3) is 3.89. The van der Waals surface area contributed by atoms with Gasteiger partial charge in [0.2, 0.25) is 5.28 Å². The first-order valence-corrected chi connectivity index (χ1v) is 9.70. The fourth-order valence-electron chi connectivity index (χ4n) is 3.06. The number of benzene rings is 2. The lowest BCUT2D eigenvalue weighted by atomic mass is 9.95. The molecule has 0 radical (unpaired) electrons. The van der Waals surface area contributed by atoms with Crippen LogP contribution >= 0.6 is 11.6 Å². The molecule has 0 saturated heterocycles. The molecule has 158 valence electrons. The molecule has 2 aromatic carbocycles. The zero-order chi connectivity index (χ0) is 22.3. The van der Waals surface area contributed by atoms with Gasteiger partial charge in [0, 0.05) is 23.7 Å². The number of halogens is 4. The Morgan fingerprint density at radius 1 is 1.13 bits per heavy atom. The number of fused-ring (bicyclic) bond motifs is 3. The topological polar surface area (TPSA) is 46.3 Å². The van der Waals surface area contributed by atoms with Crippen LogP contribution in [0, 0.1) is 23.1 Å². The number of alkyl halides is 2. The number of anilines is 2. The third-order valence-corrected chi connectivity index (χ3v) is 5.10. The zero-order valence-electron chi connectivity index (χ0n) is 16.9. The fraction of sp³-hybridized carbons (Fsp3) is 0.227. The predicted molar refractivity (Wildman–Crippen MR) is 114 cm³/mol. The normalized spacial score (nSPS) is 11.7. The molecule has 0 bridgehead atoms. The highest BCUT2D eigenvalue weighted by molar-refractivity contribution is 6.29. The maximum Gasteiger partial charge on any atom is 0.258 e. The lowest BCUT2D eigenvalue weighted by Crippen LogP contribution is -2.19. The van der Waals surface area contributed by atoms with Crippen molar-refractivity contribution in [3.8, 4) is 11.8 Å². The van der Waals surface area contributed by atoms with Crippen molar-refractivity contribution < 1.29 is 13.2 Å². The van der Waals surface area contributed by atoms with Crippen molar-refractivity contribution >= 4 is 39.8 Å². The molecule has 0 amide bonds. The second kappa shape index (κ2) is 7.75. The standard InChI is InChI=1S/C22H17ClF3N5/c1-22(2,19(25)26)9-8-13-10-14(24)12-15(11-13)30(3)18-16-6-4-5-7-17(16)31-20(23)28-29-21(31)27-18/h4-7,10-12,19H,1-3H3. The molecule has 2 aromatic heterocycles. The van der Waals surface area contributed by atoms with Crippen molar-refractivity contribution in [1.29, 1.82) is 0 Å². The Bertz CT molecular complexity index is 1350. The molecular formula is C22H17ClF3N5. The SMILES string of the molecule is CN(c1cc(F)cc(C#CC(C)(C)C(F)F)c1)c1nc2nnc(Cl)n2c2ccccc12. The van der Waals surface area contributed by atoms with E-state index in [0.29, 0.717) is 17.3 Å². The van der Waals surface area contributed by atoms with Crippen molar-refractivity contribution in [2.45, 2.75) is 20.3 Å². The fourth-order valence-corrected chi connectivity index (χ4v) is 3.26. The highest BCUT2D eigenvalue weighted by Crippen LogP contribution is 2.32. The minimum absolute atomic E-state index is 0.179. The van der Waals surface area contributed by atoms with Crippen LogP contribution < -0.4 is 4.90 Å². The second-order valence-electron chi connectivity index (χ2n) is 7.59. The van der Waals surface area contributed by atoms with Gasteiger partial charge in [-0.15, -0.1) is 10.2 Å². The van der Waals surface area contributed by atoms with Gasteiger partial charge in [-0.3, -0.25) is 0 Å². The molecule has 0 atom stereocenters. The smallest absolute Gasteiger partial charge is 0.258 e. The van der Waals surface area contributed by atoms with Gasteiger partial charge in [-0.05, 0) is 55.8 Å².